The van der Waals surface area contributed by atoms with Crippen molar-refractivity contribution in [2.24, 2.45) is 5.92 Å². The molecule has 1 saturated heterocycles. The van der Waals surface area contributed by atoms with Gasteiger partial charge in [-0.1, -0.05) is 6.92 Å². The molecule has 2 aliphatic rings. The summed E-state index contributed by atoms with van der Waals surface area (Å²) in [6.45, 7) is 3.25. The number of rotatable bonds is 5. The van der Waals surface area contributed by atoms with Gasteiger partial charge in [0.2, 0.25) is 0 Å². The fourth-order valence-electron chi connectivity index (χ4n) is 3.99. The van der Waals surface area contributed by atoms with Gasteiger partial charge in [-0.25, -0.2) is 4.79 Å². The number of ether oxygens (including phenoxy) is 1. The minimum absolute atomic E-state index is 0.169. The Hall–Kier alpha value is -2.61. The maximum Gasteiger partial charge on any atom is 0.341 e. The molecule has 3 heterocycles. The Morgan fingerprint density at radius 1 is 1.31 bits per heavy atom. The largest absolute Gasteiger partial charge is 0.459 e. The van der Waals surface area contributed by atoms with Crippen LogP contribution in [0.3, 0.4) is 0 Å². The van der Waals surface area contributed by atoms with Crippen LogP contribution in [0.4, 0.5) is 5.00 Å². The van der Waals surface area contributed by atoms with Gasteiger partial charge in [0.1, 0.15) is 5.00 Å². The third-order valence-corrected chi connectivity index (χ3v) is 6.64. The number of likely N-dealkylation sites (tertiary alicyclic amines) is 1. The molecular formula is C21H24N2O5S. The van der Waals surface area contributed by atoms with Gasteiger partial charge >= 0.3 is 5.97 Å². The first-order chi connectivity index (χ1) is 14.0. The molecular weight excluding hydrogens is 392 g/mol. The van der Waals surface area contributed by atoms with E-state index < -0.39 is 11.9 Å². The van der Waals surface area contributed by atoms with Gasteiger partial charge in [-0.3, -0.25) is 9.59 Å². The van der Waals surface area contributed by atoms with E-state index in [1.165, 1.54) is 17.6 Å². The zero-order valence-corrected chi connectivity index (χ0v) is 17.2. The number of hydrogen-bond acceptors (Lipinski definition) is 6. The second-order valence-electron chi connectivity index (χ2n) is 7.66. The normalized spacial score (nSPS) is 18.4. The number of amides is 2. The van der Waals surface area contributed by atoms with Crippen LogP contribution in [0, 0.1) is 5.92 Å². The number of carbonyl (C=O) groups is 3. The molecule has 2 aromatic heterocycles. The van der Waals surface area contributed by atoms with Gasteiger partial charge in [-0.05, 0) is 55.7 Å². The number of nitrogens with zero attached hydrogens (tertiary/aromatic N) is 1. The number of fused-ring (bicyclic) bond motifs is 1. The van der Waals surface area contributed by atoms with Gasteiger partial charge in [0.05, 0.1) is 11.8 Å². The van der Waals surface area contributed by atoms with Crippen molar-refractivity contribution in [1.29, 1.82) is 0 Å². The van der Waals surface area contributed by atoms with Crippen molar-refractivity contribution in [3.8, 4) is 0 Å². The smallest absolute Gasteiger partial charge is 0.341 e. The van der Waals surface area contributed by atoms with Crippen molar-refractivity contribution in [3.63, 3.8) is 0 Å². The van der Waals surface area contributed by atoms with E-state index in [9.17, 15) is 14.4 Å². The second-order valence-corrected chi connectivity index (χ2v) is 8.76. The van der Waals surface area contributed by atoms with Crippen LogP contribution in [-0.2, 0) is 22.4 Å². The molecule has 0 saturated carbocycles. The summed E-state index contributed by atoms with van der Waals surface area (Å²) in [6, 6.07) is 3.19. The third kappa shape index (κ3) is 4.22. The van der Waals surface area contributed by atoms with Crippen LogP contribution >= 0.6 is 11.3 Å². The second kappa shape index (κ2) is 8.41. The number of furan rings is 1. The summed E-state index contributed by atoms with van der Waals surface area (Å²) in [5, 5.41) is 3.23. The number of piperidine rings is 1. The predicted octanol–water partition coefficient (Wildman–Crippen LogP) is 3.50. The number of nitrogens with one attached hydrogen (secondary N) is 1. The lowest BCUT2D eigenvalue weighted by molar-refractivity contribution is -0.136. The summed E-state index contributed by atoms with van der Waals surface area (Å²) in [4.78, 5) is 40.5. The van der Waals surface area contributed by atoms with E-state index in [1.807, 2.05) is 0 Å². The Bertz CT molecular complexity index is 918. The third-order valence-electron chi connectivity index (χ3n) is 5.43. The van der Waals surface area contributed by atoms with Crippen LogP contribution in [0.1, 0.15) is 57.5 Å². The number of hydrogen-bond donors (Lipinski definition) is 1. The summed E-state index contributed by atoms with van der Waals surface area (Å²) in [5.74, 6) is -0.503. The van der Waals surface area contributed by atoms with Gasteiger partial charge in [-0.2, -0.15) is 0 Å². The maximum absolute atomic E-state index is 12.8. The molecule has 1 atom stereocenters. The molecule has 29 heavy (non-hydrogen) atoms. The van der Waals surface area contributed by atoms with E-state index in [0.717, 1.165) is 42.5 Å². The highest BCUT2D eigenvalue weighted by Gasteiger charge is 2.30. The number of aryl methyl sites for hydroxylation is 1. The molecule has 7 nitrogen and oxygen atoms in total. The van der Waals surface area contributed by atoms with E-state index in [0.29, 0.717) is 29.6 Å². The summed E-state index contributed by atoms with van der Waals surface area (Å²) >= 11 is 1.40. The van der Waals surface area contributed by atoms with Crippen LogP contribution < -0.4 is 5.32 Å². The molecule has 1 aliphatic carbocycles. The molecule has 1 aliphatic heterocycles. The Morgan fingerprint density at radius 2 is 2.17 bits per heavy atom. The van der Waals surface area contributed by atoms with E-state index in [-0.39, 0.29) is 18.3 Å². The molecule has 0 bridgehead atoms. The SMILES string of the molecule is C[C@@H]1CCCN(C(=O)COC(=O)c2c(NC(=O)c3ccco3)sc3c2CCC3)C1. The minimum Gasteiger partial charge on any atom is -0.459 e. The molecule has 154 valence electrons. The monoisotopic (exact) mass is 416 g/mol. The van der Waals surface area contributed by atoms with Crippen LogP contribution in [0.2, 0.25) is 0 Å². The summed E-state index contributed by atoms with van der Waals surface area (Å²) < 4.78 is 10.5. The molecule has 2 aromatic rings. The van der Waals surface area contributed by atoms with Gasteiger partial charge in [0.25, 0.3) is 11.8 Å². The Labute approximate surface area is 173 Å². The molecule has 1 fully saturated rings. The maximum atomic E-state index is 12.8. The number of carbonyl (C=O) groups excluding carboxylic acids is 3. The Morgan fingerprint density at radius 3 is 2.93 bits per heavy atom. The zero-order chi connectivity index (χ0) is 20.4. The van der Waals surface area contributed by atoms with Crippen molar-refractivity contribution in [3.05, 3.63) is 40.2 Å². The van der Waals surface area contributed by atoms with Crippen molar-refractivity contribution < 1.29 is 23.5 Å². The lowest BCUT2D eigenvalue weighted by atomic mass is 10.0. The first kappa shape index (κ1) is 19.7. The number of esters is 1. The quantitative estimate of drug-likeness (QED) is 0.754. The van der Waals surface area contributed by atoms with Crippen LogP contribution in [-0.4, -0.2) is 42.4 Å². The minimum atomic E-state index is -0.558. The molecule has 0 spiro atoms. The Balaban J connectivity index is 1.46. The molecule has 2 amide bonds. The standard InChI is InChI=1S/C21H24N2O5S/c1-13-5-3-9-23(11-13)17(24)12-28-21(26)18-14-6-2-8-16(14)29-20(18)22-19(25)15-7-4-10-27-15/h4,7,10,13H,2-3,5-6,8-9,11-12H2,1H3,(H,22,25)/t13-/m1/s1. The fraction of sp³-hybridized carbons (Fsp3) is 0.476. The summed E-state index contributed by atoms with van der Waals surface area (Å²) in [6.07, 6.45) is 6.13. The average Bonchev–Trinajstić information content (AvgIpc) is 3.43. The lowest BCUT2D eigenvalue weighted by Crippen LogP contribution is -2.41. The van der Waals surface area contributed by atoms with Crippen LogP contribution in [0.25, 0.3) is 0 Å². The number of thiophene rings is 1. The van der Waals surface area contributed by atoms with Gasteiger partial charge < -0.3 is 19.4 Å². The molecule has 1 N–H and O–H groups in total. The van der Waals surface area contributed by atoms with Crippen molar-refractivity contribution in [2.75, 3.05) is 25.0 Å². The lowest BCUT2D eigenvalue weighted by Gasteiger charge is -2.30. The van der Waals surface area contributed by atoms with E-state index in [2.05, 4.69) is 12.2 Å². The average molecular weight is 416 g/mol. The highest BCUT2D eigenvalue weighted by molar-refractivity contribution is 7.17. The fourth-order valence-corrected chi connectivity index (χ4v) is 5.26. The Kier molecular flexibility index (Phi) is 5.71. The molecule has 4 rings (SSSR count). The van der Waals surface area contributed by atoms with E-state index >= 15 is 0 Å². The van der Waals surface area contributed by atoms with E-state index in [4.69, 9.17) is 9.15 Å². The first-order valence-corrected chi connectivity index (χ1v) is 10.8. The summed E-state index contributed by atoms with van der Waals surface area (Å²) in [7, 11) is 0. The van der Waals surface area contributed by atoms with Crippen LogP contribution in [0.15, 0.2) is 22.8 Å². The highest BCUT2D eigenvalue weighted by Crippen LogP contribution is 2.39. The van der Waals surface area contributed by atoms with E-state index in [1.54, 1.807) is 17.0 Å². The van der Waals surface area contributed by atoms with Gasteiger partial charge in [0.15, 0.2) is 12.4 Å². The van der Waals surface area contributed by atoms with Crippen molar-refractivity contribution in [1.82, 2.24) is 4.90 Å². The predicted molar refractivity (Wildman–Crippen MR) is 108 cm³/mol. The van der Waals surface area contributed by atoms with Gasteiger partial charge in [0, 0.05) is 18.0 Å². The number of anilines is 1. The van der Waals surface area contributed by atoms with Crippen molar-refractivity contribution >= 4 is 34.1 Å². The summed E-state index contributed by atoms with van der Waals surface area (Å²) in [5.41, 5.74) is 1.30. The van der Waals surface area contributed by atoms with Gasteiger partial charge in [-0.15, -0.1) is 11.3 Å². The van der Waals surface area contributed by atoms with Crippen molar-refractivity contribution in [2.45, 2.75) is 39.0 Å². The van der Waals surface area contributed by atoms with Crippen LogP contribution in [0.5, 0.6) is 0 Å². The first-order valence-electron chi connectivity index (χ1n) is 9.97. The molecule has 0 unspecified atom stereocenters. The molecule has 0 radical (unpaired) electrons. The highest BCUT2D eigenvalue weighted by atomic mass is 32.1. The topological polar surface area (TPSA) is 88.9 Å². The molecule has 8 heteroatoms. The molecule has 0 aromatic carbocycles. The zero-order valence-electron chi connectivity index (χ0n) is 16.4.